The normalized spacial score (nSPS) is 22.6. The maximum absolute atomic E-state index is 5.69. The highest BCUT2D eigenvalue weighted by molar-refractivity contribution is 4.71. The van der Waals surface area contributed by atoms with Crippen molar-refractivity contribution in [2.75, 3.05) is 33.3 Å². The van der Waals surface area contributed by atoms with Gasteiger partial charge in [-0.15, -0.1) is 0 Å². The van der Waals surface area contributed by atoms with Crippen LogP contribution in [0.15, 0.2) is 0 Å². The first kappa shape index (κ1) is 12.9. The summed E-state index contributed by atoms with van der Waals surface area (Å²) in [5.74, 6) is 0. The van der Waals surface area contributed by atoms with Crippen LogP contribution < -0.4 is 5.32 Å². The topological polar surface area (TPSA) is 24.5 Å². The molecule has 1 atom stereocenters. The Morgan fingerprint density at radius 3 is 2.67 bits per heavy atom. The molecule has 3 nitrogen and oxygen atoms in total. The summed E-state index contributed by atoms with van der Waals surface area (Å²) < 4.78 is 5.69. The van der Waals surface area contributed by atoms with Crippen LogP contribution in [0.4, 0.5) is 0 Å². The predicted molar refractivity (Wildman–Crippen MR) is 64.2 cm³/mol. The Bertz CT molecular complexity index is 154. The van der Waals surface area contributed by atoms with E-state index in [9.17, 15) is 0 Å². The minimum atomic E-state index is 0.426. The summed E-state index contributed by atoms with van der Waals surface area (Å²) in [6.07, 6.45) is 4.07. The van der Waals surface area contributed by atoms with Crippen molar-refractivity contribution in [1.29, 1.82) is 0 Å². The van der Waals surface area contributed by atoms with Gasteiger partial charge in [0.2, 0.25) is 0 Å². The second-order valence-corrected chi connectivity index (χ2v) is 4.44. The van der Waals surface area contributed by atoms with Crippen LogP contribution in [0.1, 0.15) is 33.1 Å². The average molecular weight is 214 g/mol. The molecule has 90 valence electrons. The first-order valence-corrected chi connectivity index (χ1v) is 6.30. The van der Waals surface area contributed by atoms with Gasteiger partial charge in [-0.25, -0.2) is 0 Å². The zero-order chi connectivity index (χ0) is 11.1. The summed E-state index contributed by atoms with van der Waals surface area (Å²) in [6, 6.07) is 0.738. The summed E-state index contributed by atoms with van der Waals surface area (Å²) in [5.41, 5.74) is 0. The predicted octanol–water partition coefficient (Wildman–Crippen LogP) is 1.49. The zero-order valence-corrected chi connectivity index (χ0v) is 10.5. The van der Waals surface area contributed by atoms with Crippen LogP contribution in [0.25, 0.3) is 0 Å². The molecule has 15 heavy (non-hydrogen) atoms. The molecule has 1 saturated heterocycles. The Morgan fingerprint density at radius 1 is 1.40 bits per heavy atom. The van der Waals surface area contributed by atoms with Crippen molar-refractivity contribution in [2.24, 2.45) is 0 Å². The third kappa shape index (κ3) is 4.49. The molecule has 0 radical (unpaired) electrons. The summed E-state index contributed by atoms with van der Waals surface area (Å²) in [5, 5.41) is 3.37. The van der Waals surface area contributed by atoms with Gasteiger partial charge in [-0.05, 0) is 26.3 Å². The first-order chi connectivity index (χ1) is 7.27. The number of rotatable bonds is 6. The van der Waals surface area contributed by atoms with Gasteiger partial charge in [-0.3, -0.25) is 0 Å². The lowest BCUT2D eigenvalue weighted by molar-refractivity contribution is 0.0163. The van der Waals surface area contributed by atoms with Crippen LogP contribution in [0.2, 0.25) is 0 Å². The molecule has 3 heteroatoms. The number of nitrogens with zero attached hydrogens (tertiary/aromatic N) is 1. The van der Waals surface area contributed by atoms with Gasteiger partial charge in [-0.1, -0.05) is 13.8 Å². The highest BCUT2D eigenvalue weighted by atomic mass is 16.5. The summed E-state index contributed by atoms with van der Waals surface area (Å²) >= 11 is 0. The van der Waals surface area contributed by atoms with Crippen molar-refractivity contribution in [2.45, 2.75) is 45.3 Å². The van der Waals surface area contributed by atoms with E-state index in [-0.39, 0.29) is 0 Å². The van der Waals surface area contributed by atoms with Crippen LogP contribution in [0.3, 0.4) is 0 Å². The molecular formula is C12H26N2O. The Morgan fingerprint density at radius 2 is 2.13 bits per heavy atom. The molecule has 0 saturated carbocycles. The Hall–Kier alpha value is -0.120. The zero-order valence-electron chi connectivity index (χ0n) is 10.5. The van der Waals surface area contributed by atoms with Gasteiger partial charge in [0.25, 0.3) is 0 Å². The highest BCUT2D eigenvalue weighted by Gasteiger charge is 2.16. The first-order valence-electron chi connectivity index (χ1n) is 6.30. The second kappa shape index (κ2) is 7.20. The molecule has 1 unspecified atom stereocenters. The van der Waals surface area contributed by atoms with E-state index in [0.717, 1.165) is 38.7 Å². The van der Waals surface area contributed by atoms with Crippen molar-refractivity contribution < 1.29 is 4.74 Å². The van der Waals surface area contributed by atoms with Gasteiger partial charge < -0.3 is 15.0 Å². The van der Waals surface area contributed by atoms with Crippen molar-refractivity contribution in [3.8, 4) is 0 Å². The molecule has 0 aromatic heterocycles. The SMILES string of the molecule is CCC(CC)N(C)CCC1CNCCO1. The van der Waals surface area contributed by atoms with Gasteiger partial charge in [0, 0.05) is 25.7 Å². The second-order valence-electron chi connectivity index (χ2n) is 4.44. The summed E-state index contributed by atoms with van der Waals surface area (Å²) in [7, 11) is 2.23. The largest absolute Gasteiger partial charge is 0.376 e. The monoisotopic (exact) mass is 214 g/mol. The van der Waals surface area contributed by atoms with E-state index in [1.165, 1.54) is 12.8 Å². The highest BCUT2D eigenvalue weighted by Crippen LogP contribution is 2.09. The number of hydrogen-bond donors (Lipinski definition) is 1. The maximum atomic E-state index is 5.69. The Labute approximate surface area is 94.2 Å². The van der Waals surface area contributed by atoms with E-state index in [4.69, 9.17) is 4.74 Å². The lowest BCUT2D eigenvalue weighted by atomic mass is 10.1. The Kier molecular flexibility index (Phi) is 6.22. The quantitative estimate of drug-likeness (QED) is 0.725. The van der Waals surface area contributed by atoms with Crippen LogP contribution in [0, 0.1) is 0 Å². The third-order valence-corrected chi connectivity index (χ3v) is 3.37. The lowest BCUT2D eigenvalue weighted by Gasteiger charge is -2.29. The molecule has 1 aliphatic rings. The summed E-state index contributed by atoms with van der Waals surface area (Å²) in [4.78, 5) is 2.47. The van der Waals surface area contributed by atoms with Gasteiger partial charge in [-0.2, -0.15) is 0 Å². The van der Waals surface area contributed by atoms with Crippen molar-refractivity contribution in [1.82, 2.24) is 10.2 Å². The van der Waals surface area contributed by atoms with Gasteiger partial charge in [0.1, 0.15) is 0 Å². The average Bonchev–Trinajstić information content (AvgIpc) is 2.29. The van der Waals surface area contributed by atoms with E-state index < -0.39 is 0 Å². The van der Waals surface area contributed by atoms with E-state index in [1.54, 1.807) is 0 Å². The van der Waals surface area contributed by atoms with Crippen molar-refractivity contribution in [3.05, 3.63) is 0 Å². The molecule has 0 aromatic rings. The molecule has 0 spiro atoms. The maximum Gasteiger partial charge on any atom is 0.0712 e. The van der Waals surface area contributed by atoms with Gasteiger partial charge >= 0.3 is 0 Å². The number of ether oxygens (including phenoxy) is 1. The molecule has 1 aliphatic heterocycles. The molecule has 1 heterocycles. The molecule has 1 rings (SSSR count). The smallest absolute Gasteiger partial charge is 0.0712 e. The molecule has 0 amide bonds. The minimum Gasteiger partial charge on any atom is -0.376 e. The van der Waals surface area contributed by atoms with Gasteiger partial charge in [0.05, 0.1) is 12.7 Å². The molecule has 1 N–H and O–H groups in total. The minimum absolute atomic E-state index is 0.426. The fourth-order valence-corrected chi connectivity index (χ4v) is 2.25. The number of morpholine rings is 1. The molecule has 0 aliphatic carbocycles. The van der Waals surface area contributed by atoms with Crippen molar-refractivity contribution >= 4 is 0 Å². The van der Waals surface area contributed by atoms with E-state index in [2.05, 4.69) is 31.1 Å². The molecule has 0 aromatic carbocycles. The van der Waals surface area contributed by atoms with Crippen LogP contribution >= 0.6 is 0 Å². The number of hydrogen-bond acceptors (Lipinski definition) is 3. The number of nitrogens with one attached hydrogen (secondary N) is 1. The van der Waals surface area contributed by atoms with Crippen LogP contribution in [-0.2, 0) is 4.74 Å². The molecule has 0 bridgehead atoms. The Balaban J connectivity index is 2.16. The molecule has 1 fully saturated rings. The van der Waals surface area contributed by atoms with E-state index >= 15 is 0 Å². The van der Waals surface area contributed by atoms with E-state index in [0.29, 0.717) is 6.10 Å². The molecular weight excluding hydrogens is 188 g/mol. The summed E-state index contributed by atoms with van der Waals surface area (Å²) in [6.45, 7) is 8.60. The fourth-order valence-electron chi connectivity index (χ4n) is 2.25. The fraction of sp³-hybridized carbons (Fsp3) is 1.00. The van der Waals surface area contributed by atoms with Gasteiger partial charge in [0.15, 0.2) is 0 Å². The van der Waals surface area contributed by atoms with Crippen molar-refractivity contribution in [3.63, 3.8) is 0 Å². The standard InChI is InChI=1S/C12H26N2O/c1-4-11(5-2)14(3)8-6-12-10-13-7-9-15-12/h11-13H,4-10H2,1-3H3. The van der Waals surface area contributed by atoms with Crippen LogP contribution in [-0.4, -0.2) is 50.3 Å². The lowest BCUT2D eigenvalue weighted by Crippen LogP contribution is -2.41. The van der Waals surface area contributed by atoms with Crippen LogP contribution in [0.5, 0.6) is 0 Å². The van der Waals surface area contributed by atoms with E-state index in [1.807, 2.05) is 0 Å². The third-order valence-electron chi connectivity index (χ3n) is 3.37.